The number of fused-ring (bicyclic) bond motifs is 1. The first kappa shape index (κ1) is 17.0. The van der Waals surface area contributed by atoms with E-state index in [0.717, 1.165) is 4.57 Å². The molecule has 1 aromatic carbocycles. The fourth-order valence-corrected chi connectivity index (χ4v) is 2.99. The molecule has 0 saturated heterocycles. The number of nitrogens with one attached hydrogen (secondary N) is 3. The summed E-state index contributed by atoms with van der Waals surface area (Å²) in [5.74, 6) is 0.255. The van der Waals surface area contributed by atoms with Crippen LogP contribution in [-0.4, -0.2) is 42.6 Å². The number of aromatic nitrogens is 5. The third-order valence-electron chi connectivity index (χ3n) is 3.70. The van der Waals surface area contributed by atoms with Crippen LogP contribution in [0.1, 0.15) is 12.5 Å². The van der Waals surface area contributed by atoms with Gasteiger partial charge in [-0.3, -0.25) is 14.9 Å². The van der Waals surface area contributed by atoms with Crippen LogP contribution >= 0.6 is 11.8 Å². The number of rotatable bonds is 6. The first-order chi connectivity index (χ1) is 12.1. The molecule has 0 fully saturated rings. The summed E-state index contributed by atoms with van der Waals surface area (Å²) in [7, 11) is 0. The molecule has 3 aromatic rings. The highest BCUT2D eigenvalue weighted by atomic mass is 32.2. The number of benzene rings is 1. The SMILES string of the molecule is CSCCC(C(=O)Nc1ncn[nH]1)n1c(=O)[nH]c2ccccc2c1=O. The summed E-state index contributed by atoms with van der Waals surface area (Å²) in [6, 6.07) is 5.73. The molecular formula is C15H16N6O3S. The molecule has 0 aliphatic heterocycles. The van der Waals surface area contributed by atoms with Crippen molar-refractivity contribution in [3.63, 3.8) is 0 Å². The summed E-state index contributed by atoms with van der Waals surface area (Å²) >= 11 is 1.52. The zero-order chi connectivity index (χ0) is 17.8. The highest BCUT2D eigenvalue weighted by Crippen LogP contribution is 2.14. The van der Waals surface area contributed by atoms with Gasteiger partial charge in [0.05, 0.1) is 10.9 Å². The quantitative estimate of drug-likeness (QED) is 0.595. The first-order valence-electron chi connectivity index (χ1n) is 7.50. The van der Waals surface area contributed by atoms with E-state index in [2.05, 4.69) is 25.5 Å². The van der Waals surface area contributed by atoms with Crippen LogP contribution in [0, 0.1) is 0 Å². The minimum absolute atomic E-state index is 0.157. The van der Waals surface area contributed by atoms with Crippen molar-refractivity contribution in [3.8, 4) is 0 Å². The van der Waals surface area contributed by atoms with Gasteiger partial charge in [0, 0.05) is 0 Å². The molecule has 3 N–H and O–H groups in total. The molecule has 0 saturated carbocycles. The van der Waals surface area contributed by atoms with Crippen LogP contribution in [0.3, 0.4) is 0 Å². The molecular weight excluding hydrogens is 344 g/mol. The molecule has 0 radical (unpaired) electrons. The summed E-state index contributed by atoms with van der Waals surface area (Å²) in [6.45, 7) is 0. The van der Waals surface area contributed by atoms with Crippen LogP contribution in [0.25, 0.3) is 10.9 Å². The van der Waals surface area contributed by atoms with Crippen molar-refractivity contribution in [2.75, 3.05) is 17.3 Å². The fraction of sp³-hybridized carbons (Fsp3) is 0.267. The van der Waals surface area contributed by atoms with Crippen molar-refractivity contribution in [1.29, 1.82) is 0 Å². The number of anilines is 1. The predicted octanol–water partition coefficient (Wildman–Crippen LogP) is 0.741. The van der Waals surface area contributed by atoms with Crippen LogP contribution in [0.5, 0.6) is 0 Å². The molecule has 9 nitrogen and oxygen atoms in total. The second kappa shape index (κ2) is 7.34. The van der Waals surface area contributed by atoms with Crippen molar-refractivity contribution in [1.82, 2.24) is 24.7 Å². The molecule has 1 unspecified atom stereocenters. The number of nitrogens with zero attached hydrogens (tertiary/aromatic N) is 3. The topological polar surface area (TPSA) is 126 Å². The van der Waals surface area contributed by atoms with E-state index in [1.807, 2.05) is 6.26 Å². The number of aromatic amines is 2. The standard InChI is InChI=1S/C15H16N6O3S/c1-25-7-6-11(12(22)19-14-16-8-17-20-14)21-13(23)9-4-2-3-5-10(9)18-15(21)24/h2-5,8,11H,6-7H2,1H3,(H,18,24)(H2,16,17,19,20,22). The lowest BCUT2D eigenvalue weighted by atomic mass is 10.2. The summed E-state index contributed by atoms with van der Waals surface area (Å²) in [4.78, 5) is 44.4. The average Bonchev–Trinajstić information content (AvgIpc) is 3.10. The Morgan fingerprint density at radius 2 is 2.16 bits per heavy atom. The molecule has 3 rings (SSSR count). The van der Waals surface area contributed by atoms with Gasteiger partial charge in [0.15, 0.2) is 0 Å². The monoisotopic (exact) mass is 360 g/mol. The van der Waals surface area contributed by atoms with Gasteiger partial charge in [0.1, 0.15) is 12.4 Å². The fourth-order valence-electron chi connectivity index (χ4n) is 2.53. The Morgan fingerprint density at radius 1 is 1.36 bits per heavy atom. The van der Waals surface area contributed by atoms with Gasteiger partial charge in [-0.1, -0.05) is 12.1 Å². The van der Waals surface area contributed by atoms with Gasteiger partial charge >= 0.3 is 5.69 Å². The second-order valence-corrected chi connectivity index (χ2v) is 6.26. The minimum atomic E-state index is -0.960. The summed E-state index contributed by atoms with van der Waals surface area (Å²) in [5.41, 5.74) is -0.686. The van der Waals surface area contributed by atoms with E-state index in [4.69, 9.17) is 0 Å². The van der Waals surface area contributed by atoms with Crippen molar-refractivity contribution < 1.29 is 4.79 Å². The van der Waals surface area contributed by atoms with Gasteiger partial charge in [-0.2, -0.15) is 21.8 Å². The average molecular weight is 360 g/mol. The van der Waals surface area contributed by atoms with Gasteiger partial charge < -0.3 is 4.98 Å². The van der Waals surface area contributed by atoms with Gasteiger partial charge in [0.2, 0.25) is 11.9 Å². The normalized spacial score (nSPS) is 12.2. The van der Waals surface area contributed by atoms with Gasteiger partial charge in [-0.15, -0.1) is 0 Å². The number of carbonyl (C=O) groups excluding carboxylic acids is 1. The van der Waals surface area contributed by atoms with Crippen molar-refractivity contribution in [3.05, 3.63) is 51.4 Å². The van der Waals surface area contributed by atoms with E-state index >= 15 is 0 Å². The minimum Gasteiger partial charge on any atom is -0.307 e. The maximum absolute atomic E-state index is 12.8. The summed E-state index contributed by atoms with van der Waals surface area (Å²) in [5, 5.41) is 9.06. The van der Waals surface area contributed by atoms with E-state index < -0.39 is 23.2 Å². The van der Waals surface area contributed by atoms with Crippen LogP contribution < -0.4 is 16.6 Å². The first-order valence-corrected chi connectivity index (χ1v) is 8.90. The molecule has 0 aliphatic rings. The Labute approximate surface area is 145 Å². The second-order valence-electron chi connectivity index (χ2n) is 5.27. The third kappa shape index (κ3) is 3.48. The molecule has 0 bridgehead atoms. The maximum atomic E-state index is 12.8. The molecule has 1 amide bonds. The molecule has 130 valence electrons. The van der Waals surface area contributed by atoms with Crippen LogP contribution in [0.2, 0.25) is 0 Å². The largest absolute Gasteiger partial charge is 0.329 e. The predicted molar refractivity (Wildman–Crippen MR) is 95.9 cm³/mol. The number of amides is 1. The number of thioether (sulfide) groups is 1. The summed E-state index contributed by atoms with van der Waals surface area (Å²) < 4.78 is 0.963. The number of para-hydroxylation sites is 1. The Hall–Kier alpha value is -2.88. The number of carbonyl (C=O) groups is 1. The lowest BCUT2D eigenvalue weighted by Crippen LogP contribution is -2.43. The van der Waals surface area contributed by atoms with Crippen molar-refractivity contribution in [2.45, 2.75) is 12.5 Å². The molecule has 0 aliphatic carbocycles. The number of hydrogen-bond acceptors (Lipinski definition) is 6. The molecule has 0 spiro atoms. The third-order valence-corrected chi connectivity index (χ3v) is 4.35. The molecule has 25 heavy (non-hydrogen) atoms. The molecule has 1 atom stereocenters. The van der Waals surface area contributed by atoms with E-state index in [-0.39, 0.29) is 5.95 Å². The van der Waals surface area contributed by atoms with E-state index in [1.54, 1.807) is 24.3 Å². The number of H-pyrrole nitrogens is 2. The lowest BCUT2D eigenvalue weighted by Gasteiger charge is -2.17. The van der Waals surface area contributed by atoms with Gasteiger partial charge in [-0.25, -0.2) is 14.5 Å². The molecule has 2 aromatic heterocycles. The van der Waals surface area contributed by atoms with Crippen LogP contribution in [-0.2, 0) is 4.79 Å². The zero-order valence-corrected chi connectivity index (χ0v) is 14.2. The number of hydrogen-bond donors (Lipinski definition) is 3. The lowest BCUT2D eigenvalue weighted by molar-refractivity contribution is -0.119. The molecule has 2 heterocycles. The van der Waals surface area contributed by atoms with Crippen molar-refractivity contribution in [2.24, 2.45) is 0 Å². The Bertz CT molecular complexity index is 994. The maximum Gasteiger partial charge on any atom is 0.329 e. The highest BCUT2D eigenvalue weighted by molar-refractivity contribution is 7.98. The van der Waals surface area contributed by atoms with E-state index in [0.29, 0.717) is 23.1 Å². The smallest absolute Gasteiger partial charge is 0.307 e. The zero-order valence-electron chi connectivity index (χ0n) is 13.4. The Morgan fingerprint density at radius 3 is 2.88 bits per heavy atom. The Kier molecular flexibility index (Phi) is 4.98. The van der Waals surface area contributed by atoms with Gasteiger partial charge in [0.25, 0.3) is 5.56 Å². The highest BCUT2D eigenvalue weighted by Gasteiger charge is 2.25. The van der Waals surface area contributed by atoms with Gasteiger partial charge in [-0.05, 0) is 30.6 Å². The van der Waals surface area contributed by atoms with Crippen molar-refractivity contribution >= 4 is 34.5 Å². The van der Waals surface area contributed by atoms with E-state index in [9.17, 15) is 14.4 Å². The summed E-state index contributed by atoms with van der Waals surface area (Å²) in [6.07, 6.45) is 3.46. The van der Waals surface area contributed by atoms with Crippen LogP contribution in [0.15, 0.2) is 40.2 Å². The van der Waals surface area contributed by atoms with Crippen LogP contribution in [0.4, 0.5) is 5.95 Å². The van der Waals surface area contributed by atoms with E-state index in [1.165, 1.54) is 18.1 Å². The molecule has 10 heteroatoms. The Balaban J connectivity index is 2.06.